The number of carbonyl (C=O) groups excluding carboxylic acids is 4. The number of hydrogen-bond acceptors (Lipinski definition) is 10. The summed E-state index contributed by atoms with van der Waals surface area (Å²) >= 11 is 0. The van der Waals surface area contributed by atoms with Gasteiger partial charge in [-0.1, -0.05) is 48.5 Å². The third-order valence-electron chi connectivity index (χ3n) is 12.9. The molecule has 11 atom stereocenters. The van der Waals surface area contributed by atoms with Crippen molar-refractivity contribution in [2.75, 3.05) is 0 Å². The first-order valence-corrected chi connectivity index (χ1v) is 16.9. The Morgan fingerprint density at radius 3 is 1.96 bits per heavy atom. The highest BCUT2D eigenvalue weighted by Crippen LogP contribution is 2.82. The lowest BCUT2D eigenvalue weighted by atomic mass is 9.37. The number of rotatable bonds is 6. The van der Waals surface area contributed by atoms with Gasteiger partial charge in [0.2, 0.25) is 0 Å². The molecule has 0 amide bonds. The zero-order valence-electron chi connectivity index (χ0n) is 28.8. The number of hydrogen-bond donors (Lipinski definition) is 0. The number of carbonyl (C=O) groups is 4. The number of fused-ring (bicyclic) bond motifs is 3. The molecule has 0 aromatic carbocycles. The molecule has 2 saturated heterocycles. The molecule has 0 bridgehead atoms. The van der Waals surface area contributed by atoms with Crippen molar-refractivity contribution in [3.8, 4) is 0 Å². The van der Waals surface area contributed by atoms with Crippen LogP contribution >= 0.6 is 0 Å². The predicted molar refractivity (Wildman–Crippen MR) is 164 cm³/mol. The van der Waals surface area contributed by atoms with Crippen LogP contribution in [-0.4, -0.2) is 59.5 Å². The number of cyclic esters (lactones) is 1. The van der Waals surface area contributed by atoms with Gasteiger partial charge >= 0.3 is 23.9 Å². The monoisotopic (exact) mass is 642 g/mol. The van der Waals surface area contributed by atoms with Crippen LogP contribution in [0.3, 0.4) is 0 Å². The van der Waals surface area contributed by atoms with Gasteiger partial charge in [0.25, 0.3) is 0 Å². The average molecular weight is 643 g/mol. The summed E-state index contributed by atoms with van der Waals surface area (Å²) in [5.41, 5.74) is -3.21. The standard InChI is InChI=1S/C36H50O10/c1-18(2)30(39)43-26-15-24-33(8)23(32(6,7)46-29(38)16-25(33)42-20(5)37)14-27(44-31(40)19(3)4)35(24,10)36-28(45-36)13-22(34(26,36)9)21-11-12-41-17-21/h11-12,17-19,22-28H,13-16H2,1-10H3. The van der Waals surface area contributed by atoms with E-state index < -0.39 is 57.7 Å². The van der Waals surface area contributed by atoms with Gasteiger partial charge in [0.15, 0.2) is 0 Å². The van der Waals surface area contributed by atoms with Crippen LogP contribution in [-0.2, 0) is 42.9 Å². The van der Waals surface area contributed by atoms with Gasteiger partial charge in [0.1, 0.15) is 29.5 Å². The summed E-state index contributed by atoms with van der Waals surface area (Å²) in [6.45, 7) is 18.8. The predicted octanol–water partition coefficient (Wildman–Crippen LogP) is 5.76. The molecule has 11 unspecified atom stereocenters. The van der Waals surface area contributed by atoms with Crippen LogP contribution < -0.4 is 0 Å². The Bertz CT molecular complexity index is 1410. The molecule has 3 saturated carbocycles. The molecule has 254 valence electrons. The van der Waals surface area contributed by atoms with Crippen molar-refractivity contribution < 1.29 is 47.3 Å². The summed E-state index contributed by atoms with van der Waals surface area (Å²) in [5.74, 6) is -3.09. The lowest BCUT2D eigenvalue weighted by Gasteiger charge is -2.68. The fourth-order valence-corrected chi connectivity index (χ4v) is 10.9. The van der Waals surface area contributed by atoms with Crippen molar-refractivity contribution in [3.63, 3.8) is 0 Å². The van der Waals surface area contributed by atoms with Crippen molar-refractivity contribution in [1.82, 2.24) is 0 Å². The lowest BCUT2D eigenvalue weighted by Crippen LogP contribution is -2.74. The highest BCUT2D eigenvalue weighted by atomic mass is 16.6. The maximum Gasteiger partial charge on any atom is 0.310 e. The molecule has 0 radical (unpaired) electrons. The van der Waals surface area contributed by atoms with Crippen LogP contribution in [0.1, 0.15) is 106 Å². The van der Waals surface area contributed by atoms with E-state index in [1.165, 1.54) is 6.92 Å². The number of furan rings is 1. The highest BCUT2D eigenvalue weighted by molar-refractivity contribution is 5.74. The Balaban J connectivity index is 1.60. The molecule has 46 heavy (non-hydrogen) atoms. The van der Waals surface area contributed by atoms with Gasteiger partial charge in [0.05, 0.1) is 36.9 Å². The Hall–Kier alpha value is -2.88. The molecule has 10 heteroatoms. The van der Waals surface area contributed by atoms with Crippen molar-refractivity contribution >= 4 is 23.9 Å². The van der Waals surface area contributed by atoms with Gasteiger partial charge in [-0.05, 0) is 50.7 Å². The van der Waals surface area contributed by atoms with Gasteiger partial charge in [-0.2, -0.15) is 0 Å². The second-order valence-electron chi connectivity index (χ2n) is 16.2. The molecule has 3 aliphatic carbocycles. The van der Waals surface area contributed by atoms with Crippen LogP contribution in [0.25, 0.3) is 0 Å². The summed E-state index contributed by atoms with van der Waals surface area (Å²) in [4.78, 5) is 52.9. The summed E-state index contributed by atoms with van der Waals surface area (Å²) in [6, 6.07) is 1.96. The van der Waals surface area contributed by atoms with Crippen LogP contribution in [0.5, 0.6) is 0 Å². The molecule has 5 fully saturated rings. The maximum atomic E-state index is 13.5. The van der Waals surface area contributed by atoms with Crippen molar-refractivity contribution in [1.29, 1.82) is 0 Å². The first-order chi connectivity index (χ1) is 21.3. The van der Waals surface area contributed by atoms with E-state index in [1.54, 1.807) is 12.5 Å². The van der Waals surface area contributed by atoms with E-state index in [2.05, 4.69) is 20.8 Å². The zero-order chi connectivity index (χ0) is 33.8. The number of ether oxygens (including phenoxy) is 5. The van der Waals surface area contributed by atoms with Gasteiger partial charge in [-0.3, -0.25) is 19.2 Å². The topological polar surface area (TPSA) is 131 Å². The quantitative estimate of drug-likeness (QED) is 0.215. The third kappa shape index (κ3) is 4.30. The molecule has 1 aromatic heterocycles. The third-order valence-corrected chi connectivity index (χ3v) is 12.9. The van der Waals surface area contributed by atoms with E-state index in [9.17, 15) is 19.2 Å². The number of epoxide rings is 1. The van der Waals surface area contributed by atoms with E-state index in [-0.39, 0.29) is 54.1 Å². The van der Waals surface area contributed by atoms with E-state index >= 15 is 0 Å². The second kappa shape index (κ2) is 10.6. The molecule has 5 aliphatic rings. The summed E-state index contributed by atoms with van der Waals surface area (Å²) in [6.07, 6.45) is 2.53. The van der Waals surface area contributed by atoms with Gasteiger partial charge in [0, 0.05) is 35.0 Å². The molecule has 0 N–H and O–H groups in total. The SMILES string of the molecule is CC(=O)OC1CC(=O)OC(C)(C)C2CC(OC(=O)C(C)C)C3(C)C(CC(OC(=O)C(C)C)C4(C)C(c5ccoc5)CC5OC543)C12C. The fourth-order valence-electron chi connectivity index (χ4n) is 10.9. The van der Waals surface area contributed by atoms with Gasteiger partial charge < -0.3 is 28.1 Å². The van der Waals surface area contributed by atoms with Crippen LogP contribution in [0.4, 0.5) is 0 Å². The van der Waals surface area contributed by atoms with Gasteiger partial charge in [-0.15, -0.1) is 0 Å². The molecule has 1 aromatic rings. The highest BCUT2D eigenvalue weighted by Gasteiger charge is 2.90. The Labute approximate surface area is 271 Å². The molecule has 10 nitrogen and oxygen atoms in total. The van der Waals surface area contributed by atoms with Crippen molar-refractivity contribution in [2.24, 2.45) is 39.9 Å². The fraction of sp³-hybridized carbons (Fsp3) is 0.778. The minimum Gasteiger partial charge on any atom is -0.472 e. The summed E-state index contributed by atoms with van der Waals surface area (Å²) in [7, 11) is 0. The van der Waals surface area contributed by atoms with Crippen molar-refractivity contribution in [2.45, 2.75) is 136 Å². The molecule has 3 heterocycles. The molecular formula is C36H50O10. The van der Waals surface area contributed by atoms with Crippen LogP contribution in [0.2, 0.25) is 0 Å². The van der Waals surface area contributed by atoms with Crippen LogP contribution in [0, 0.1) is 39.9 Å². The Morgan fingerprint density at radius 1 is 0.826 bits per heavy atom. The summed E-state index contributed by atoms with van der Waals surface area (Å²) < 4.78 is 37.7. The molecule has 2 aliphatic heterocycles. The zero-order valence-corrected chi connectivity index (χ0v) is 28.8. The smallest absolute Gasteiger partial charge is 0.310 e. The normalized spacial score (nSPS) is 43.7. The van der Waals surface area contributed by atoms with Crippen LogP contribution in [0.15, 0.2) is 23.0 Å². The van der Waals surface area contributed by atoms with E-state index in [4.69, 9.17) is 28.1 Å². The van der Waals surface area contributed by atoms with Gasteiger partial charge in [-0.25, -0.2) is 0 Å². The molecular weight excluding hydrogens is 592 g/mol. The Morgan fingerprint density at radius 2 is 1.41 bits per heavy atom. The van der Waals surface area contributed by atoms with E-state index in [0.29, 0.717) is 19.3 Å². The number of esters is 4. The lowest BCUT2D eigenvalue weighted by molar-refractivity contribution is -0.285. The first kappa shape index (κ1) is 33.0. The van der Waals surface area contributed by atoms with Crippen molar-refractivity contribution in [3.05, 3.63) is 24.2 Å². The Kier molecular flexibility index (Phi) is 7.58. The average Bonchev–Trinajstić information content (AvgIpc) is 3.32. The minimum absolute atomic E-state index is 0.0560. The minimum atomic E-state index is -0.980. The largest absolute Gasteiger partial charge is 0.472 e. The first-order valence-electron chi connectivity index (χ1n) is 16.9. The van der Waals surface area contributed by atoms with E-state index in [1.807, 2.05) is 47.6 Å². The second-order valence-corrected chi connectivity index (χ2v) is 16.2. The molecule has 1 spiro atoms. The summed E-state index contributed by atoms with van der Waals surface area (Å²) in [5, 5.41) is 0. The molecule has 6 rings (SSSR count). The van der Waals surface area contributed by atoms with E-state index in [0.717, 1.165) is 5.56 Å². The maximum absolute atomic E-state index is 13.5.